The Bertz CT molecular complexity index is 1310. The second-order valence-corrected chi connectivity index (χ2v) is 10.6. The van der Waals surface area contributed by atoms with Crippen molar-refractivity contribution in [2.45, 2.75) is 44.6 Å². The lowest BCUT2D eigenvalue weighted by atomic mass is 9.69. The van der Waals surface area contributed by atoms with Crippen LogP contribution in [0.1, 0.15) is 60.8 Å². The number of aliphatic hydroxyl groups is 1. The number of rotatable bonds is 7. The first kappa shape index (κ1) is 26.6. The molecule has 0 unspecified atom stereocenters. The van der Waals surface area contributed by atoms with Crippen LogP contribution in [0.25, 0.3) is 0 Å². The maximum Gasteiger partial charge on any atom is 0.253 e. The quantitative estimate of drug-likeness (QED) is 0.401. The number of nitrogens with one attached hydrogen (secondary N) is 2. The van der Waals surface area contributed by atoms with Crippen molar-refractivity contribution in [2.75, 3.05) is 30.4 Å². The number of halogens is 1. The van der Waals surface area contributed by atoms with Gasteiger partial charge in [-0.05, 0) is 49.1 Å². The minimum absolute atomic E-state index is 0.160. The van der Waals surface area contributed by atoms with Crippen molar-refractivity contribution in [3.8, 4) is 0 Å². The van der Waals surface area contributed by atoms with Gasteiger partial charge in [-0.2, -0.15) is 0 Å². The molecule has 0 aliphatic carbocycles. The van der Waals surface area contributed by atoms with E-state index in [1.54, 1.807) is 26.1 Å². The Kier molecular flexibility index (Phi) is 7.26. The van der Waals surface area contributed by atoms with Crippen molar-refractivity contribution in [2.24, 2.45) is 0 Å². The summed E-state index contributed by atoms with van der Waals surface area (Å²) < 4.78 is 0. The molecule has 0 atom stereocenters. The van der Waals surface area contributed by atoms with Crippen LogP contribution in [0.15, 0.2) is 54.9 Å². The van der Waals surface area contributed by atoms with Crippen molar-refractivity contribution in [3.63, 3.8) is 0 Å². The Hall–Kier alpha value is -3.49. The third kappa shape index (κ3) is 5.17. The van der Waals surface area contributed by atoms with E-state index in [0.29, 0.717) is 24.5 Å². The number of amides is 2. The number of hydrogen-bond acceptors (Lipinski definition) is 6. The molecule has 0 bridgehead atoms. The number of nitrogens with zero attached hydrogens (tertiary/aromatic N) is 3. The van der Waals surface area contributed by atoms with E-state index in [-0.39, 0.29) is 28.4 Å². The van der Waals surface area contributed by atoms with E-state index < -0.39 is 11.0 Å². The number of hydrogen-bond donors (Lipinski definition) is 3. The molecule has 1 aliphatic heterocycles. The molecule has 0 spiro atoms. The molecule has 3 N–H and O–H groups in total. The van der Waals surface area contributed by atoms with Crippen LogP contribution in [-0.2, 0) is 15.8 Å². The van der Waals surface area contributed by atoms with Crippen molar-refractivity contribution < 1.29 is 14.7 Å². The first-order chi connectivity index (χ1) is 17.5. The summed E-state index contributed by atoms with van der Waals surface area (Å²) in [6, 6.07) is 13.1. The van der Waals surface area contributed by atoms with Gasteiger partial charge in [-0.15, -0.1) is 0 Å². The van der Waals surface area contributed by atoms with E-state index in [1.807, 2.05) is 24.3 Å². The van der Waals surface area contributed by atoms with E-state index in [0.717, 1.165) is 16.8 Å². The molecule has 0 radical (unpaired) electrons. The van der Waals surface area contributed by atoms with E-state index in [1.165, 1.54) is 19.3 Å². The van der Waals surface area contributed by atoms with Crippen molar-refractivity contribution in [1.29, 1.82) is 0 Å². The highest BCUT2D eigenvalue weighted by molar-refractivity contribution is 6.30. The van der Waals surface area contributed by atoms with Gasteiger partial charge in [0.25, 0.3) is 5.91 Å². The lowest BCUT2D eigenvalue weighted by molar-refractivity contribution is -0.122. The van der Waals surface area contributed by atoms with Crippen LogP contribution in [0.5, 0.6) is 0 Å². The second kappa shape index (κ2) is 10.1. The fourth-order valence-corrected chi connectivity index (χ4v) is 4.85. The first-order valence-electron chi connectivity index (χ1n) is 12.2. The van der Waals surface area contributed by atoms with Crippen molar-refractivity contribution in [1.82, 2.24) is 15.3 Å². The number of pyridine rings is 2. The lowest BCUT2D eigenvalue weighted by Crippen LogP contribution is -2.65. The zero-order valence-corrected chi connectivity index (χ0v) is 22.4. The highest BCUT2D eigenvalue weighted by Crippen LogP contribution is 2.42. The predicted molar refractivity (Wildman–Crippen MR) is 145 cm³/mol. The first-order valence-corrected chi connectivity index (χ1v) is 12.6. The summed E-state index contributed by atoms with van der Waals surface area (Å²) in [5.74, 6) is -0.391. The molecule has 1 aromatic carbocycles. The average molecular weight is 522 g/mol. The number of carbonyl (C=O) groups excluding carboxylic acids is 2. The zero-order chi connectivity index (χ0) is 27.0. The van der Waals surface area contributed by atoms with Gasteiger partial charge in [-0.3, -0.25) is 14.6 Å². The van der Waals surface area contributed by atoms with Gasteiger partial charge in [-0.25, -0.2) is 4.98 Å². The maximum absolute atomic E-state index is 14.0. The molecule has 37 heavy (non-hydrogen) atoms. The van der Waals surface area contributed by atoms with E-state index in [4.69, 9.17) is 11.6 Å². The third-order valence-corrected chi connectivity index (χ3v) is 6.99. The van der Waals surface area contributed by atoms with Crippen LogP contribution in [0, 0.1) is 0 Å². The molecular formula is C28H32ClN5O3. The van der Waals surface area contributed by atoms with Crippen LogP contribution in [-0.4, -0.2) is 47.0 Å². The molecule has 8 nitrogen and oxygen atoms in total. The van der Waals surface area contributed by atoms with E-state index >= 15 is 0 Å². The molecular weight excluding hydrogens is 490 g/mol. The SMILES string of the molecule is CNC(=O)c1cc(Cl)ncc1NC(=O)C1(c2ccccc2C(C)C)CN(c2ccc(C(C)(C)O)nc2)C1. The van der Waals surface area contributed by atoms with Crippen LogP contribution in [0.3, 0.4) is 0 Å². The fourth-order valence-electron chi connectivity index (χ4n) is 4.69. The van der Waals surface area contributed by atoms with Crippen molar-refractivity contribution >= 4 is 34.8 Å². The summed E-state index contributed by atoms with van der Waals surface area (Å²) in [6.07, 6.45) is 3.12. The molecule has 4 rings (SSSR count). The van der Waals surface area contributed by atoms with Crippen LogP contribution >= 0.6 is 11.6 Å². The smallest absolute Gasteiger partial charge is 0.253 e. The molecule has 3 aromatic rings. The van der Waals surface area contributed by atoms with Gasteiger partial charge in [0.15, 0.2) is 0 Å². The summed E-state index contributed by atoms with van der Waals surface area (Å²) in [4.78, 5) is 37.1. The molecule has 9 heteroatoms. The molecule has 2 amide bonds. The number of anilines is 2. The largest absolute Gasteiger partial charge is 0.384 e. The summed E-state index contributed by atoms with van der Waals surface area (Å²) in [7, 11) is 1.52. The summed E-state index contributed by atoms with van der Waals surface area (Å²) in [5.41, 5.74) is 2.10. The van der Waals surface area contributed by atoms with Gasteiger partial charge in [0.1, 0.15) is 16.2 Å². The minimum atomic E-state index is -1.04. The van der Waals surface area contributed by atoms with Gasteiger partial charge in [0.05, 0.1) is 35.0 Å². The average Bonchev–Trinajstić information content (AvgIpc) is 2.84. The minimum Gasteiger partial charge on any atom is -0.384 e. The summed E-state index contributed by atoms with van der Waals surface area (Å²) in [6.45, 7) is 8.43. The molecule has 1 fully saturated rings. The van der Waals surface area contributed by atoms with Gasteiger partial charge in [-0.1, -0.05) is 49.7 Å². The summed E-state index contributed by atoms with van der Waals surface area (Å²) >= 11 is 6.03. The Morgan fingerprint density at radius 2 is 1.81 bits per heavy atom. The molecule has 0 saturated carbocycles. The monoisotopic (exact) mass is 521 g/mol. The van der Waals surface area contributed by atoms with Gasteiger partial charge < -0.3 is 20.6 Å². The molecule has 3 heterocycles. The number of benzene rings is 1. The zero-order valence-electron chi connectivity index (χ0n) is 21.7. The van der Waals surface area contributed by atoms with Gasteiger partial charge in [0.2, 0.25) is 5.91 Å². The lowest BCUT2D eigenvalue weighted by Gasteiger charge is -2.51. The normalized spacial score (nSPS) is 14.8. The third-order valence-electron chi connectivity index (χ3n) is 6.78. The number of carbonyl (C=O) groups is 2. The molecule has 1 aliphatic rings. The highest BCUT2D eigenvalue weighted by atomic mass is 35.5. The standard InChI is InChI=1S/C28H32ClN5O3/c1-17(2)19-8-6-7-9-21(19)28(15-34(16-28)18-10-11-23(31-13-18)27(3,4)37)26(36)33-22-14-32-24(29)12-20(22)25(35)30-5/h6-14,17,37H,15-16H2,1-5H3,(H,30,35)(H,33,36). The molecule has 194 valence electrons. The van der Waals surface area contributed by atoms with Gasteiger partial charge in [0, 0.05) is 20.1 Å². The van der Waals surface area contributed by atoms with Crippen molar-refractivity contribution in [3.05, 3.63) is 82.4 Å². The molecule has 1 saturated heterocycles. The van der Waals surface area contributed by atoms with E-state index in [9.17, 15) is 14.7 Å². The predicted octanol–water partition coefficient (Wildman–Crippen LogP) is 4.24. The van der Waals surface area contributed by atoms with Crippen LogP contribution in [0.4, 0.5) is 11.4 Å². The Balaban J connectivity index is 1.70. The highest BCUT2D eigenvalue weighted by Gasteiger charge is 2.52. The number of aromatic nitrogens is 2. The van der Waals surface area contributed by atoms with Crippen LogP contribution < -0.4 is 15.5 Å². The molecule has 2 aromatic heterocycles. The second-order valence-electron chi connectivity index (χ2n) is 10.2. The Morgan fingerprint density at radius 1 is 1.11 bits per heavy atom. The van der Waals surface area contributed by atoms with E-state index in [2.05, 4.69) is 45.4 Å². The Morgan fingerprint density at radius 3 is 2.41 bits per heavy atom. The van der Waals surface area contributed by atoms with Crippen LogP contribution in [0.2, 0.25) is 5.15 Å². The Labute approximate surface area is 222 Å². The maximum atomic E-state index is 14.0. The fraction of sp³-hybridized carbons (Fsp3) is 0.357. The van der Waals surface area contributed by atoms with Gasteiger partial charge >= 0.3 is 0 Å². The summed E-state index contributed by atoms with van der Waals surface area (Å²) in [5, 5.41) is 15.9. The topological polar surface area (TPSA) is 107 Å².